The molecule has 5 unspecified atom stereocenters. The number of carbonyl (C=O) groups is 3. The van der Waals surface area contributed by atoms with Gasteiger partial charge in [0.05, 0.1) is 42.8 Å². The summed E-state index contributed by atoms with van der Waals surface area (Å²) in [6.45, 7) is 15.1. The molecule has 58 heavy (non-hydrogen) atoms. The van der Waals surface area contributed by atoms with Crippen molar-refractivity contribution in [3.63, 3.8) is 0 Å². The molecule has 15 heteroatoms. The lowest BCUT2D eigenvalue weighted by Crippen LogP contribution is -2.60. The molecular weight excluding hydrogens is 748 g/mol. The van der Waals surface area contributed by atoms with Crippen LogP contribution in [0.25, 0.3) is 17.5 Å². The van der Waals surface area contributed by atoms with E-state index in [0.29, 0.717) is 34.9 Å². The summed E-state index contributed by atoms with van der Waals surface area (Å²) < 4.78 is 38.4. The van der Waals surface area contributed by atoms with E-state index in [-0.39, 0.29) is 38.2 Å². The maximum atomic E-state index is 14.5. The SMILES string of the molecule is CC[C@H]1OC(=O)[C@H](C)C(=O)[C@H](C)C(O[C@@H]2O[C@H](C)C[C@H](N(C)C)C2O)[C@@]2(C)CC(C)C(=NC(C)=O)C(C)C(OC/C(=C/c3cc(-c4ccccn4)no3)CO2)[C@]1(C)O. The number of esters is 1. The molecule has 3 aliphatic heterocycles. The van der Waals surface area contributed by atoms with Gasteiger partial charge < -0.3 is 43.3 Å². The van der Waals surface area contributed by atoms with Gasteiger partial charge in [0.15, 0.2) is 17.8 Å². The number of aromatic nitrogens is 2. The van der Waals surface area contributed by atoms with Crippen LogP contribution >= 0.6 is 0 Å². The molecular formula is C43H62N4O11. The molecule has 13 atom stereocenters. The summed E-state index contributed by atoms with van der Waals surface area (Å²) in [4.78, 5) is 52.0. The lowest BCUT2D eigenvalue weighted by molar-refractivity contribution is -0.296. The van der Waals surface area contributed by atoms with Gasteiger partial charge in [-0.25, -0.2) is 4.99 Å². The lowest BCUT2D eigenvalue weighted by atomic mass is 9.73. The Labute approximate surface area is 341 Å². The zero-order chi connectivity index (χ0) is 42.7. The van der Waals surface area contributed by atoms with E-state index < -0.39 is 83.2 Å². The normalized spacial score (nSPS) is 38.6. The molecule has 5 heterocycles. The van der Waals surface area contributed by atoms with Crippen molar-refractivity contribution in [2.75, 3.05) is 27.3 Å². The molecule has 320 valence electrons. The molecule has 2 aromatic rings. The Kier molecular flexibility index (Phi) is 14.6. The highest BCUT2D eigenvalue weighted by Gasteiger charge is 2.53. The Hall–Kier alpha value is -3.70. The molecule has 0 aliphatic carbocycles. The van der Waals surface area contributed by atoms with Crippen molar-refractivity contribution >= 4 is 29.4 Å². The van der Waals surface area contributed by atoms with E-state index in [1.54, 1.807) is 38.3 Å². The first-order chi connectivity index (χ1) is 27.3. The zero-order valence-corrected chi connectivity index (χ0v) is 35.7. The predicted molar refractivity (Wildman–Crippen MR) is 214 cm³/mol. The van der Waals surface area contributed by atoms with Gasteiger partial charge in [0.2, 0.25) is 5.91 Å². The van der Waals surface area contributed by atoms with Gasteiger partial charge >= 0.3 is 5.97 Å². The molecule has 0 radical (unpaired) electrons. The molecule has 2 N–H and O–H groups in total. The number of hydrogen-bond acceptors (Lipinski definition) is 14. The molecule has 15 nitrogen and oxygen atoms in total. The Morgan fingerprint density at radius 1 is 1.09 bits per heavy atom. The first kappa shape index (κ1) is 45.4. The molecule has 0 aromatic carbocycles. The van der Waals surface area contributed by atoms with E-state index in [1.807, 2.05) is 58.8 Å². The Bertz CT molecular complexity index is 1810. The van der Waals surface area contributed by atoms with Crippen LogP contribution in [0, 0.1) is 23.7 Å². The van der Waals surface area contributed by atoms with Crippen molar-refractivity contribution in [2.24, 2.45) is 28.7 Å². The number of fused-ring (bicyclic) bond motifs is 5. The van der Waals surface area contributed by atoms with Crippen LogP contribution in [0.5, 0.6) is 0 Å². The van der Waals surface area contributed by atoms with Crippen molar-refractivity contribution in [1.29, 1.82) is 0 Å². The van der Waals surface area contributed by atoms with Crippen LogP contribution in [0.15, 0.2) is 45.6 Å². The highest BCUT2D eigenvalue weighted by atomic mass is 16.7. The third kappa shape index (κ3) is 10.0. The fraction of sp³-hybridized carbons (Fsp3) is 0.674. The van der Waals surface area contributed by atoms with E-state index >= 15 is 0 Å². The summed E-state index contributed by atoms with van der Waals surface area (Å²) in [6.07, 6.45) is -1.59. The van der Waals surface area contributed by atoms with Gasteiger partial charge in [-0.3, -0.25) is 19.4 Å². The first-order valence-corrected chi connectivity index (χ1v) is 20.3. The number of pyridine rings is 1. The molecule has 0 spiro atoms. The second kappa shape index (κ2) is 18.7. The molecule has 2 aromatic heterocycles. The third-order valence-electron chi connectivity index (χ3n) is 12.0. The smallest absolute Gasteiger partial charge is 0.316 e. The maximum Gasteiger partial charge on any atom is 0.316 e. The van der Waals surface area contributed by atoms with Crippen molar-refractivity contribution in [3.05, 3.63) is 41.8 Å². The second-order valence-corrected chi connectivity index (χ2v) is 17.0. The van der Waals surface area contributed by atoms with Gasteiger partial charge in [0, 0.05) is 42.8 Å². The molecule has 3 fully saturated rings. The Morgan fingerprint density at radius 2 is 1.81 bits per heavy atom. The largest absolute Gasteiger partial charge is 0.459 e. The summed E-state index contributed by atoms with van der Waals surface area (Å²) in [5.41, 5.74) is -1.07. The highest BCUT2D eigenvalue weighted by molar-refractivity contribution is 6.00. The average Bonchev–Trinajstić information content (AvgIpc) is 3.64. The van der Waals surface area contributed by atoms with Crippen molar-refractivity contribution in [3.8, 4) is 11.4 Å². The number of Topliss-reactive ketones (excluding diaryl/α,β-unsaturated/α-hetero) is 1. The quantitative estimate of drug-likeness (QED) is 0.302. The maximum absolute atomic E-state index is 14.5. The number of carbonyl (C=O) groups excluding carboxylic acids is 3. The topological polar surface area (TPSA) is 192 Å². The van der Waals surface area contributed by atoms with Crippen LogP contribution in [0.1, 0.15) is 87.3 Å². The van der Waals surface area contributed by atoms with Gasteiger partial charge in [-0.05, 0) is 90.8 Å². The number of rotatable bonds is 6. The minimum Gasteiger partial charge on any atom is -0.459 e. The predicted octanol–water partition coefficient (Wildman–Crippen LogP) is 4.68. The molecule has 1 amide bonds. The van der Waals surface area contributed by atoms with E-state index in [4.69, 9.17) is 28.2 Å². The van der Waals surface area contributed by atoms with Crippen LogP contribution < -0.4 is 0 Å². The number of ether oxygens (including phenoxy) is 5. The number of hydrogen-bond donors (Lipinski definition) is 2. The molecule has 0 saturated carbocycles. The molecule has 2 bridgehead atoms. The van der Waals surface area contributed by atoms with Crippen LogP contribution in [0.4, 0.5) is 0 Å². The Morgan fingerprint density at radius 3 is 2.45 bits per heavy atom. The number of amides is 1. The first-order valence-electron chi connectivity index (χ1n) is 20.3. The van der Waals surface area contributed by atoms with E-state index in [9.17, 15) is 24.6 Å². The third-order valence-corrected chi connectivity index (χ3v) is 12.0. The zero-order valence-electron chi connectivity index (χ0n) is 35.7. The Balaban J connectivity index is 1.72. The highest BCUT2D eigenvalue weighted by Crippen LogP contribution is 2.40. The number of nitrogens with zero attached hydrogens (tertiary/aromatic N) is 4. The number of ketones is 1. The standard InChI is InChI=1S/C43H62N4O11/c1-12-34-43(9,52)39-25(4)35(45-28(7)48)23(2)20-42(8,54-22-29(21-53-39)18-30-19-32(46-58-30)31-15-13-14-16-44-31)38(26(5)36(49)27(6)40(51)56-34)57-41-37(50)33(47(10)11)17-24(3)55-41/h13-16,18-19,23-27,33-34,37-39,41,50,52H,12,17,20-22H2,1-11H3/b29-18-,45-35?/t23?,24-,25?,26+,27-,33+,34-,37?,38?,39?,41+,42-,43-/m1/s1. The van der Waals surface area contributed by atoms with Gasteiger partial charge in [-0.15, -0.1) is 0 Å². The van der Waals surface area contributed by atoms with Crippen molar-refractivity contribution < 1.29 is 52.8 Å². The fourth-order valence-corrected chi connectivity index (χ4v) is 8.85. The van der Waals surface area contributed by atoms with Crippen LogP contribution in [0.3, 0.4) is 0 Å². The molecule has 3 saturated heterocycles. The van der Waals surface area contributed by atoms with Crippen molar-refractivity contribution in [1.82, 2.24) is 15.0 Å². The van der Waals surface area contributed by atoms with Crippen molar-refractivity contribution in [2.45, 2.75) is 136 Å². The van der Waals surface area contributed by atoms with E-state index in [1.165, 1.54) is 20.8 Å². The summed E-state index contributed by atoms with van der Waals surface area (Å²) in [6, 6.07) is 6.89. The van der Waals surface area contributed by atoms with Gasteiger partial charge in [-0.2, -0.15) is 0 Å². The number of aliphatic imine (C=N–C) groups is 1. The lowest BCUT2D eigenvalue weighted by Gasteiger charge is -2.47. The number of cyclic esters (lactones) is 1. The second-order valence-electron chi connectivity index (χ2n) is 17.0. The van der Waals surface area contributed by atoms with Gasteiger partial charge in [0.1, 0.15) is 29.4 Å². The van der Waals surface area contributed by atoms with Crippen LogP contribution in [-0.4, -0.2) is 130 Å². The molecule has 5 rings (SSSR count). The number of likely N-dealkylation sites (N-methyl/N-ethyl adjacent to an activating group) is 1. The monoisotopic (exact) mass is 810 g/mol. The summed E-state index contributed by atoms with van der Waals surface area (Å²) in [5, 5.41) is 28.3. The van der Waals surface area contributed by atoms with E-state index in [2.05, 4.69) is 15.1 Å². The van der Waals surface area contributed by atoms with Gasteiger partial charge in [0.25, 0.3) is 0 Å². The number of aliphatic hydroxyl groups excluding tert-OH is 1. The minimum absolute atomic E-state index is 0.0704. The summed E-state index contributed by atoms with van der Waals surface area (Å²) in [7, 11) is 3.74. The summed E-state index contributed by atoms with van der Waals surface area (Å²) in [5.74, 6) is -4.85. The van der Waals surface area contributed by atoms with E-state index in [0.717, 1.165) is 0 Å². The minimum atomic E-state index is -1.83. The summed E-state index contributed by atoms with van der Waals surface area (Å²) >= 11 is 0. The van der Waals surface area contributed by atoms with Crippen LogP contribution in [-0.2, 0) is 38.1 Å². The van der Waals surface area contributed by atoms with Crippen LogP contribution in [0.2, 0.25) is 0 Å². The molecule has 3 aliphatic rings. The number of aliphatic hydroxyl groups is 2. The average molecular weight is 811 g/mol. The van der Waals surface area contributed by atoms with Gasteiger partial charge in [-0.1, -0.05) is 38.9 Å². The fourth-order valence-electron chi connectivity index (χ4n) is 8.85.